The van der Waals surface area contributed by atoms with Crippen molar-refractivity contribution in [3.05, 3.63) is 18.2 Å². The molecule has 0 saturated carbocycles. The van der Waals surface area contributed by atoms with Gasteiger partial charge in [0.2, 0.25) is 23.6 Å². The van der Waals surface area contributed by atoms with Crippen molar-refractivity contribution in [2.75, 3.05) is 6.54 Å². The third-order valence-electron chi connectivity index (χ3n) is 5.42. The number of hydrogen-bond donors (Lipinski definition) is 6. The number of aliphatic carboxylic acids is 1. The molecule has 2 heterocycles. The number of imidazole rings is 1. The fourth-order valence-corrected chi connectivity index (χ4v) is 3.68. The molecule has 0 spiro atoms. The minimum absolute atomic E-state index is 0.0316. The van der Waals surface area contributed by atoms with Gasteiger partial charge in [-0.3, -0.25) is 19.2 Å². The molecule has 0 aromatic carbocycles. The number of rotatable bonds is 11. The number of carbonyl (C=O) groups excluding carboxylic acids is 4. The summed E-state index contributed by atoms with van der Waals surface area (Å²) in [7, 11) is 0. The Morgan fingerprint density at radius 3 is 2.52 bits per heavy atom. The SMILES string of the molecule is CC(C)C(NC(=O)C(Cc1cnc[nH]1)NC(=O)C1CCCN1C(=O)C(N)CC(N)=O)C(=O)O. The summed E-state index contributed by atoms with van der Waals surface area (Å²) in [6.45, 7) is 3.58. The largest absolute Gasteiger partial charge is 0.480 e. The van der Waals surface area contributed by atoms with E-state index in [1.165, 1.54) is 17.4 Å². The first-order chi connectivity index (χ1) is 15.5. The number of nitrogens with two attached hydrogens (primary N) is 2. The van der Waals surface area contributed by atoms with Gasteiger partial charge in [-0.25, -0.2) is 9.78 Å². The van der Waals surface area contributed by atoms with Crippen LogP contribution in [0.5, 0.6) is 0 Å². The standard InChI is InChI=1S/C20H31N7O6/c1-10(2)16(20(32)33)26-17(29)13(6-11-8-23-9-24-11)25-18(30)14-4-3-5-27(14)19(31)12(21)7-15(22)28/h8-10,12-14,16H,3-7,21H2,1-2H3,(H2,22,28)(H,23,24)(H,25,30)(H,26,29)(H,32,33). The van der Waals surface area contributed by atoms with Gasteiger partial charge in [-0.2, -0.15) is 0 Å². The van der Waals surface area contributed by atoms with Crippen LogP contribution in [0.4, 0.5) is 0 Å². The first-order valence-corrected chi connectivity index (χ1v) is 10.7. The number of carbonyl (C=O) groups is 5. The first kappa shape index (κ1) is 25.8. The van der Waals surface area contributed by atoms with Crippen molar-refractivity contribution in [2.24, 2.45) is 17.4 Å². The second-order valence-corrected chi connectivity index (χ2v) is 8.38. The Bertz CT molecular complexity index is 872. The van der Waals surface area contributed by atoms with Crippen LogP contribution in [0.1, 0.15) is 38.8 Å². The van der Waals surface area contributed by atoms with Crippen LogP contribution in [0.2, 0.25) is 0 Å². The molecule has 1 aliphatic heterocycles. The molecule has 13 nitrogen and oxygen atoms in total. The Morgan fingerprint density at radius 1 is 1.27 bits per heavy atom. The summed E-state index contributed by atoms with van der Waals surface area (Å²) < 4.78 is 0. The molecule has 0 aliphatic carbocycles. The maximum atomic E-state index is 13.0. The van der Waals surface area contributed by atoms with Crippen LogP contribution < -0.4 is 22.1 Å². The third kappa shape index (κ3) is 7.00. The molecule has 0 bridgehead atoms. The number of hydrogen-bond acceptors (Lipinski definition) is 7. The number of aromatic nitrogens is 2. The van der Waals surface area contributed by atoms with E-state index < -0.39 is 53.8 Å². The molecule has 33 heavy (non-hydrogen) atoms. The smallest absolute Gasteiger partial charge is 0.326 e. The zero-order chi connectivity index (χ0) is 24.7. The van der Waals surface area contributed by atoms with E-state index in [1.807, 2.05) is 0 Å². The molecule has 1 saturated heterocycles. The molecule has 4 unspecified atom stereocenters. The number of carboxylic acid groups (broad SMARTS) is 1. The van der Waals surface area contributed by atoms with E-state index in [0.29, 0.717) is 18.5 Å². The molecule has 4 atom stereocenters. The molecule has 0 radical (unpaired) electrons. The first-order valence-electron chi connectivity index (χ1n) is 10.7. The lowest BCUT2D eigenvalue weighted by atomic mass is 10.0. The summed E-state index contributed by atoms with van der Waals surface area (Å²) >= 11 is 0. The zero-order valence-corrected chi connectivity index (χ0v) is 18.6. The van der Waals surface area contributed by atoms with E-state index in [1.54, 1.807) is 13.8 Å². The van der Waals surface area contributed by atoms with Gasteiger partial charge in [-0.15, -0.1) is 0 Å². The Balaban J connectivity index is 2.16. The quantitative estimate of drug-likeness (QED) is 0.211. The van der Waals surface area contributed by atoms with Gasteiger partial charge in [0, 0.05) is 24.9 Å². The maximum Gasteiger partial charge on any atom is 0.326 e. The van der Waals surface area contributed by atoms with Crippen molar-refractivity contribution >= 4 is 29.6 Å². The van der Waals surface area contributed by atoms with Crippen molar-refractivity contribution in [3.8, 4) is 0 Å². The Hall–Kier alpha value is -3.48. The van der Waals surface area contributed by atoms with Crippen LogP contribution in [0.25, 0.3) is 0 Å². The molecule has 8 N–H and O–H groups in total. The van der Waals surface area contributed by atoms with Gasteiger partial charge in [0.05, 0.1) is 18.8 Å². The molecular formula is C20H31N7O6. The number of likely N-dealkylation sites (tertiary alicyclic amines) is 1. The maximum absolute atomic E-state index is 13.0. The van der Waals surface area contributed by atoms with Crippen LogP contribution in [-0.4, -0.2) is 80.3 Å². The Kier molecular flexibility index (Phi) is 8.91. The minimum atomic E-state index is -1.19. The summed E-state index contributed by atoms with van der Waals surface area (Å²) in [4.78, 5) is 69.2. The van der Waals surface area contributed by atoms with Gasteiger partial charge >= 0.3 is 5.97 Å². The molecule has 182 valence electrons. The lowest BCUT2D eigenvalue weighted by Gasteiger charge is -2.28. The predicted molar refractivity (Wildman–Crippen MR) is 115 cm³/mol. The molecule has 1 aromatic heterocycles. The average Bonchev–Trinajstić information content (AvgIpc) is 3.41. The highest BCUT2D eigenvalue weighted by atomic mass is 16.4. The molecule has 1 aliphatic rings. The third-order valence-corrected chi connectivity index (χ3v) is 5.42. The Morgan fingerprint density at radius 2 is 1.97 bits per heavy atom. The summed E-state index contributed by atoms with van der Waals surface area (Å²) in [5.41, 5.74) is 11.4. The van der Waals surface area contributed by atoms with Gasteiger partial charge in [0.1, 0.15) is 18.1 Å². The van der Waals surface area contributed by atoms with E-state index in [2.05, 4.69) is 20.6 Å². The predicted octanol–water partition coefficient (Wildman–Crippen LogP) is -2.14. The van der Waals surface area contributed by atoms with Gasteiger partial charge in [0.15, 0.2) is 0 Å². The molecule has 1 fully saturated rings. The number of amides is 4. The van der Waals surface area contributed by atoms with Crippen LogP contribution in [0.3, 0.4) is 0 Å². The van der Waals surface area contributed by atoms with E-state index in [9.17, 15) is 29.1 Å². The number of nitrogens with zero attached hydrogens (tertiary/aromatic N) is 2. The Labute approximate surface area is 190 Å². The molecule has 13 heteroatoms. The average molecular weight is 466 g/mol. The molecular weight excluding hydrogens is 434 g/mol. The van der Waals surface area contributed by atoms with Gasteiger partial charge < -0.3 is 37.1 Å². The second kappa shape index (κ2) is 11.4. The summed E-state index contributed by atoms with van der Waals surface area (Å²) in [5, 5.41) is 14.5. The van der Waals surface area contributed by atoms with E-state index >= 15 is 0 Å². The highest BCUT2D eigenvalue weighted by molar-refractivity contribution is 5.95. The molecule has 1 aromatic rings. The van der Waals surface area contributed by atoms with Gasteiger partial charge in [0.25, 0.3) is 0 Å². The van der Waals surface area contributed by atoms with E-state index in [4.69, 9.17) is 11.5 Å². The van der Waals surface area contributed by atoms with E-state index in [-0.39, 0.29) is 25.3 Å². The summed E-state index contributed by atoms with van der Waals surface area (Å²) in [6.07, 6.45) is 3.47. The van der Waals surface area contributed by atoms with Crippen LogP contribution in [-0.2, 0) is 30.4 Å². The number of H-pyrrole nitrogens is 1. The highest BCUT2D eigenvalue weighted by Gasteiger charge is 2.38. The second-order valence-electron chi connectivity index (χ2n) is 8.38. The van der Waals surface area contributed by atoms with Crippen molar-refractivity contribution in [1.82, 2.24) is 25.5 Å². The zero-order valence-electron chi connectivity index (χ0n) is 18.6. The lowest BCUT2D eigenvalue weighted by molar-refractivity contribution is -0.144. The van der Waals surface area contributed by atoms with Crippen molar-refractivity contribution in [3.63, 3.8) is 0 Å². The number of carboxylic acids is 1. The number of aromatic amines is 1. The molecule has 2 rings (SSSR count). The van der Waals surface area contributed by atoms with Crippen molar-refractivity contribution in [1.29, 1.82) is 0 Å². The summed E-state index contributed by atoms with van der Waals surface area (Å²) in [6, 6.07) is -4.30. The van der Waals surface area contributed by atoms with Crippen molar-refractivity contribution < 1.29 is 29.1 Å². The van der Waals surface area contributed by atoms with Crippen LogP contribution in [0, 0.1) is 5.92 Å². The monoisotopic (exact) mass is 465 g/mol. The topological polar surface area (TPSA) is 214 Å². The van der Waals surface area contributed by atoms with Gasteiger partial charge in [-0.1, -0.05) is 13.8 Å². The fraction of sp³-hybridized carbons (Fsp3) is 0.600. The van der Waals surface area contributed by atoms with Crippen molar-refractivity contribution in [2.45, 2.75) is 63.7 Å². The molecule has 4 amide bonds. The normalized spacial score (nSPS) is 18.4. The lowest BCUT2D eigenvalue weighted by Crippen LogP contribution is -2.57. The van der Waals surface area contributed by atoms with Crippen LogP contribution >= 0.6 is 0 Å². The van der Waals surface area contributed by atoms with Gasteiger partial charge in [-0.05, 0) is 18.8 Å². The minimum Gasteiger partial charge on any atom is -0.480 e. The van der Waals surface area contributed by atoms with E-state index in [0.717, 1.165) is 0 Å². The number of primary amides is 1. The summed E-state index contributed by atoms with van der Waals surface area (Å²) in [5.74, 6) is -4.15. The number of nitrogens with one attached hydrogen (secondary N) is 3. The highest BCUT2D eigenvalue weighted by Crippen LogP contribution is 2.19. The fourth-order valence-electron chi connectivity index (χ4n) is 3.68. The van der Waals surface area contributed by atoms with Crippen LogP contribution in [0.15, 0.2) is 12.5 Å².